The average molecular weight is 365 g/mol. The molecule has 21 heavy (non-hydrogen) atoms. The number of urea groups is 1. The van der Waals surface area contributed by atoms with Crippen molar-refractivity contribution in [2.75, 3.05) is 9.62 Å². The first-order valence-electron chi connectivity index (χ1n) is 5.20. The molecule has 0 aliphatic carbocycles. The minimum atomic E-state index is -1.31. The smallest absolute Gasteiger partial charge is 0.359 e. The van der Waals surface area contributed by atoms with E-state index in [9.17, 15) is 9.59 Å². The molecule has 1 heterocycles. The van der Waals surface area contributed by atoms with E-state index in [1.807, 2.05) is 0 Å². The van der Waals surface area contributed by atoms with E-state index < -0.39 is 12.0 Å². The molecule has 2 N–H and O–H groups in total. The van der Waals surface area contributed by atoms with Crippen LogP contribution in [0, 0.1) is 0 Å². The molecular weight excluding hydrogens is 359 g/mol. The van der Waals surface area contributed by atoms with E-state index in [4.69, 9.17) is 28.3 Å². The number of thiol groups is 1. The molecule has 11 heteroatoms. The second-order valence-electron chi connectivity index (χ2n) is 3.63. The van der Waals surface area contributed by atoms with Crippen LogP contribution in [0.2, 0.25) is 10.0 Å². The Kier molecular flexibility index (Phi) is 4.88. The zero-order chi connectivity index (χ0) is 15.6. The molecule has 0 atom stereocenters. The quantitative estimate of drug-likeness (QED) is 0.725. The van der Waals surface area contributed by atoms with Gasteiger partial charge in [0.1, 0.15) is 0 Å². The largest absolute Gasteiger partial charge is 0.476 e. The number of carboxylic acids is 1. The van der Waals surface area contributed by atoms with E-state index in [1.54, 1.807) is 0 Å². The van der Waals surface area contributed by atoms with E-state index >= 15 is 0 Å². The van der Waals surface area contributed by atoms with Gasteiger partial charge in [0.2, 0.25) is 5.69 Å². The van der Waals surface area contributed by atoms with Crippen molar-refractivity contribution in [3.63, 3.8) is 0 Å². The molecule has 0 fully saturated rings. The van der Waals surface area contributed by atoms with Crippen LogP contribution in [-0.2, 0) is 0 Å². The lowest BCUT2D eigenvalue weighted by Crippen LogP contribution is -2.27. The van der Waals surface area contributed by atoms with E-state index in [2.05, 4.69) is 27.7 Å². The van der Waals surface area contributed by atoms with Gasteiger partial charge < -0.3 is 10.4 Å². The van der Waals surface area contributed by atoms with Crippen molar-refractivity contribution in [1.82, 2.24) is 9.59 Å². The first-order chi connectivity index (χ1) is 9.88. The number of aromatic nitrogens is 2. The molecule has 1 aromatic carbocycles. The fourth-order valence-corrected chi connectivity index (χ4v) is 2.71. The average Bonchev–Trinajstić information content (AvgIpc) is 2.85. The number of amides is 2. The number of carboxylic acid groups (broad SMARTS) is 1. The zero-order valence-corrected chi connectivity index (χ0v) is 13.2. The highest BCUT2D eigenvalue weighted by atomic mass is 35.5. The van der Waals surface area contributed by atoms with Gasteiger partial charge in [-0.15, -0.1) is 5.10 Å². The summed E-state index contributed by atoms with van der Waals surface area (Å²) in [4.78, 5) is 23.0. The van der Waals surface area contributed by atoms with Crippen LogP contribution >= 0.6 is 47.5 Å². The first kappa shape index (κ1) is 15.8. The maximum absolute atomic E-state index is 12.0. The molecule has 0 aliphatic heterocycles. The number of benzene rings is 1. The van der Waals surface area contributed by atoms with Gasteiger partial charge >= 0.3 is 12.0 Å². The van der Waals surface area contributed by atoms with Gasteiger partial charge in [0.15, 0.2) is 5.00 Å². The highest BCUT2D eigenvalue weighted by molar-refractivity contribution is 7.83. The molecule has 2 amide bonds. The number of rotatable bonds is 3. The number of halogens is 2. The maximum Gasteiger partial charge on any atom is 0.359 e. The fourth-order valence-electron chi connectivity index (χ4n) is 1.35. The van der Waals surface area contributed by atoms with Gasteiger partial charge in [-0.2, -0.15) is 0 Å². The molecule has 7 nitrogen and oxygen atoms in total. The predicted octanol–water partition coefficient (Wildman–Crippen LogP) is 3.43. The number of carbonyl (C=O) groups is 2. The standard InChI is InChI=1S/C10H6Cl2N4O3S2/c11-4-1-5(12)3-6(2-4)13-10(19)16(20)8-7(9(17)18)14-15-21-8/h1-3,20H,(H,13,19)(H,17,18). The van der Waals surface area contributed by atoms with E-state index in [1.165, 1.54) is 18.2 Å². The third-order valence-electron chi connectivity index (χ3n) is 2.17. The van der Waals surface area contributed by atoms with Gasteiger partial charge in [0.25, 0.3) is 0 Å². The number of aromatic carboxylic acids is 1. The summed E-state index contributed by atoms with van der Waals surface area (Å²) in [6.07, 6.45) is 0. The molecular formula is C10H6Cl2N4O3S2. The summed E-state index contributed by atoms with van der Waals surface area (Å²) in [6, 6.07) is 3.77. The lowest BCUT2D eigenvalue weighted by Gasteiger charge is -2.14. The summed E-state index contributed by atoms with van der Waals surface area (Å²) in [5, 5.41) is 15.5. The van der Waals surface area contributed by atoms with Crippen LogP contribution in [0.1, 0.15) is 10.5 Å². The van der Waals surface area contributed by atoms with Crippen molar-refractivity contribution in [3.05, 3.63) is 33.9 Å². The van der Waals surface area contributed by atoms with Crippen LogP contribution in [0.4, 0.5) is 15.5 Å². The maximum atomic E-state index is 12.0. The minimum Gasteiger partial charge on any atom is -0.476 e. The van der Waals surface area contributed by atoms with Gasteiger partial charge in [0, 0.05) is 27.3 Å². The van der Waals surface area contributed by atoms with Crippen molar-refractivity contribution in [1.29, 1.82) is 0 Å². The molecule has 0 aliphatic rings. The molecule has 0 spiro atoms. The summed E-state index contributed by atoms with van der Waals surface area (Å²) in [5.74, 6) is -1.31. The van der Waals surface area contributed by atoms with Gasteiger partial charge in [-0.25, -0.2) is 13.9 Å². The Balaban J connectivity index is 2.19. The number of anilines is 2. The molecule has 0 saturated heterocycles. The minimum absolute atomic E-state index is 0.0172. The molecule has 0 saturated carbocycles. The number of nitrogens with one attached hydrogen (secondary N) is 1. The van der Waals surface area contributed by atoms with Crippen LogP contribution in [0.5, 0.6) is 0 Å². The summed E-state index contributed by atoms with van der Waals surface area (Å²) in [7, 11) is 0. The topological polar surface area (TPSA) is 95.4 Å². The third kappa shape index (κ3) is 3.76. The molecule has 0 radical (unpaired) electrons. The van der Waals surface area contributed by atoms with Crippen LogP contribution in [-0.4, -0.2) is 26.7 Å². The molecule has 0 bridgehead atoms. The van der Waals surface area contributed by atoms with E-state index in [0.717, 1.165) is 15.8 Å². The van der Waals surface area contributed by atoms with Crippen molar-refractivity contribution in [3.8, 4) is 0 Å². The lowest BCUT2D eigenvalue weighted by atomic mass is 10.3. The second kappa shape index (κ2) is 6.48. The molecule has 2 rings (SSSR count). The Morgan fingerprint density at radius 1 is 1.29 bits per heavy atom. The van der Waals surface area contributed by atoms with Crippen molar-refractivity contribution >= 4 is 70.2 Å². The third-order valence-corrected chi connectivity index (χ3v) is 3.84. The summed E-state index contributed by atoms with van der Waals surface area (Å²) < 4.78 is 4.27. The Labute approximate surface area is 138 Å². The highest BCUT2D eigenvalue weighted by Gasteiger charge is 2.23. The van der Waals surface area contributed by atoms with Gasteiger partial charge in [-0.1, -0.05) is 40.5 Å². The predicted molar refractivity (Wildman–Crippen MR) is 83.8 cm³/mol. The van der Waals surface area contributed by atoms with E-state index in [-0.39, 0.29) is 10.7 Å². The zero-order valence-electron chi connectivity index (χ0n) is 9.95. The van der Waals surface area contributed by atoms with Crippen LogP contribution in [0.25, 0.3) is 0 Å². The summed E-state index contributed by atoms with van der Waals surface area (Å²) in [5.41, 5.74) is -0.0276. The number of hydrogen-bond acceptors (Lipinski definition) is 6. The second-order valence-corrected chi connectivity index (χ2v) is 5.64. The van der Waals surface area contributed by atoms with Crippen molar-refractivity contribution in [2.24, 2.45) is 0 Å². The lowest BCUT2D eigenvalue weighted by molar-refractivity contribution is 0.0691. The van der Waals surface area contributed by atoms with Gasteiger partial charge in [-0.05, 0) is 18.2 Å². The Morgan fingerprint density at radius 3 is 2.48 bits per heavy atom. The Morgan fingerprint density at radius 2 is 1.90 bits per heavy atom. The Bertz CT molecular complexity index is 689. The summed E-state index contributed by atoms with van der Waals surface area (Å²) >= 11 is 16.3. The van der Waals surface area contributed by atoms with Crippen molar-refractivity contribution in [2.45, 2.75) is 0 Å². The summed E-state index contributed by atoms with van der Waals surface area (Å²) in [6.45, 7) is 0. The fraction of sp³-hybridized carbons (Fsp3) is 0. The normalized spacial score (nSPS) is 10.2. The Hall–Kier alpha value is -1.55. The number of carbonyl (C=O) groups excluding carboxylic acids is 1. The molecule has 110 valence electrons. The number of hydrogen-bond donors (Lipinski definition) is 3. The van der Waals surface area contributed by atoms with Crippen molar-refractivity contribution < 1.29 is 14.7 Å². The number of nitrogens with zero attached hydrogens (tertiary/aromatic N) is 3. The molecule has 0 unspecified atom stereocenters. The monoisotopic (exact) mass is 364 g/mol. The van der Waals surface area contributed by atoms with E-state index in [0.29, 0.717) is 15.7 Å². The van der Waals surface area contributed by atoms with Gasteiger partial charge in [-0.3, -0.25) is 0 Å². The van der Waals surface area contributed by atoms with Crippen LogP contribution < -0.4 is 9.62 Å². The molecule has 1 aromatic heterocycles. The van der Waals surface area contributed by atoms with Crippen LogP contribution in [0.3, 0.4) is 0 Å². The molecule has 2 aromatic rings. The highest BCUT2D eigenvalue weighted by Crippen LogP contribution is 2.27. The SMILES string of the molecule is O=C(O)c1nnsc1N(S)C(=O)Nc1cc(Cl)cc(Cl)c1. The first-order valence-corrected chi connectivity index (χ1v) is 7.13. The van der Waals surface area contributed by atoms with Crippen LogP contribution in [0.15, 0.2) is 18.2 Å². The van der Waals surface area contributed by atoms with Gasteiger partial charge in [0.05, 0.1) is 0 Å².